The van der Waals surface area contributed by atoms with Crippen molar-refractivity contribution >= 4 is 29.1 Å². The van der Waals surface area contributed by atoms with E-state index in [2.05, 4.69) is 0 Å². The fourth-order valence-electron chi connectivity index (χ4n) is 0.867. The van der Waals surface area contributed by atoms with Crippen molar-refractivity contribution in [1.82, 2.24) is 0 Å². The van der Waals surface area contributed by atoms with Gasteiger partial charge in [-0.05, 0) is 18.2 Å². The molecule has 0 aromatic heterocycles. The predicted octanol–water partition coefficient (Wildman–Crippen LogP) is 2.40. The highest BCUT2D eigenvalue weighted by molar-refractivity contribution is 8.00. The van der Waals surface area contributed by atoms with Crippen molar-refractivity contribution in [2.75, 3.05) is 12.3 Å². The van der Waals surface area contributed by atoms with Crippen molar-refractivity contribution in [1.29, 1.82) is 0 Å². The Morgan fingerprint density at radius 1 is 1.62 bits per heavy atom. The Morgan fingerprint density at radius 2 is 2.31 bits per heavy atom. The van der Waals surface area contributed by atoms with Crippen LogP contribution in [-0.4, -0.2) is 17.0 Å². The Kier molecular flexibility index (Phi) is 3.90. The van der Waals surface area contributed by atoms with Crippen molar-refractivity contribution in [2.24, 2.45) is 0 Å². The second-order valence-electron chi connectivity index (χ2n) is 2.80. The maximum Gasteiger partial charge on any atom is 0.0562 e. The largest absolute Gasteiger partial charge is 0.399 e. The average Bonchev–Trinajstić information content (AvgIpc) is 2.09. The number of nitrogen functional groups attached to an aromatic ring is 1. The third kappa shape index (κ3) is 3.10. The van der Waals surface area contributed by atoms with Crippen LogP contribution in [0.2, 0.25) is 5.02 Å². The van der Waals surface area contributed by atoms with Crippen molar-refractivity contribution in [3.63, 3.8) is 0 Å². The molecule has 0 saturated carbocycles. The van der Waals surface area contributed by atoms with Gasteiger partial charge in [0.15, 0.2) is 0 Å². The van der Waals surface area contributed by atoms with Gasteiger partial charge in [0.25, 0.3) is 0 Å². The van der Waals surface area contributed by atoms with Crippen LogP contribution in [0.25, 0.3) is 0 Å². The molecule has 0 aliphatic heterocycles. The minimum Gasteiger partial charge on any atom is -0.399 e. The Hall–Kier alpha value is -0.380. The molecule has 0 saturated heterocycles. The number of nitrogens with two attached hydrogens (primary N) is 1. The molecule has 0 aliphatic rings. The minimum atomic E-state index is 0.144. The normalized spacial score (nSPS) is 12.8. The quantitative estimate of drug-likeness (QED) is 0.604. The standard InChI is InChI=1S/C9H12ClNOS/c1-6(5-12)13-9-3-2-7(11)4-8(9)10/h2-4,6,12H,5,11H2,1H3. The molecule has 4 heteroatoms. The summed E-state index contributed by atoms with van der Waals surface area (Å²) in [5, 5.41) is 9.65. The van der Waals surface area contributed by atoms with Gasteiger partial charge in [-0.1, -0.05) is 18.5 Å². The van der Waals surface area contributed by atoms with Crippen LogP contribution in [0.4, 0.5) is 5.69 Å². The fraction of sp³-hybridized carbons (Fsp3) is 0.333. The van der Waals surface area contributed by atoms with Crippen LogP contribution in [0.3, 0.4) is 0 Å². The molecule has 0 heterocycles. The van der Waals surface area contributed by atoms with Crippen molar-refractivity contribution in [2.45, 2.75) is 17.1 Å². The zero-order chi connectivity index (χ0) is 9.84. The summed E-state index contributed by atoms with van der Waals surface area (Å²) in [5.74, 6) is 0. The van der Waals surface area contributed by atoms with Gasteiger partial charge in [-0.2, -0.15) is 0 Å². The zero-order valence-corrected chi connectivity index (χ0v) is 8.90. The number of hydrogen-bond donors (Lipinski definition) is 2. The second kappa shape index (κ2) is 4.74. The first-order valence-electron chi connectivity index (χ1n) is 3.96. The van der Waals surface area contributed by atoms with Crippen LogP contribution >= 0.6 is 23.4 Å². The van der Waals surface area contributed by atoms with E-state index >= 15 is 0 Å². The third-order valence-electron chi connectivity index (χ3n) is 1.54. The molecule has 72 valence electrons. The number of rotatable bonds is 3. The second-order valence-corrected chi connectivity index (χ2v) is 4.69. The van der Waals surface area contributed by atoms with Crippen molar-refractivity contribution in [3.8, 4) is 0 Å². The highest BCUT2D eigenvalue weighted by Crippen LogP contribution is 2.31. The van der Waals surface area contributed by atoms with E-state index in [1.54, 1.807) is 23.9 Å². The molecular formula is C9H12ClNOS. The van der Waals surface area contributed by atoms with Gasteiger partial charge in [0.05, 0.1) is 11.6 Å². The highest BCUT2D eigenvalue weighted by Gasteiger charge is 2.06. The van der Waals surface area contributed by atoms with Gasteiger partial charge in [0.2, 0.25) is 0 Å². The zero-order valence-electron chi connectivity index (χ0n) is 7.33. The first-order valence-corrected chi connectivity index (χ1v) is 5.21. The van der Waals surface area contributed by atoms with Gasteiger partial charge in [-0.25, -0.2) is 0 Å². The SMILES string of the molecule is CC(CO)Sc1ccc(N)cc1Cl. The van der Waals surface area contributed by atoms with Crippen molar-refractivity contribution < 1.29 is 5.11 Å². The van der Waals surface area contributed by atoms with Gasteiger partial charge >= 0.3 is 0 Å². The summed E-state index contributed by atoms with van der Waals surface area (Å²) in [6, 6.07) is 5.39. The summed E-state index contributed by atoms with van der Waals surface area (Å²) in [4.78, 5) is 0.956. The number of aliphatic hydroxyl groups excluding tert-OH is 1. The maximum absolute atomic E-state index is 8.85. The Morgan fingerprint density at radius 3 is 2.85 bits per heavy atom. The van der Waals surface area contributed by atoms with E-state index in [9.17, 15) is 0 Å². The molecule has 1 atom stereocenters. The predicted molar refractivity (Wildman–Crippen MR) is 58.3 cm³/mol. The molecular weight excluding hydrogens is 206 g/mol. The average molecular weight is 218 g/mol. The lowest BCUT2D eigenvalue weighted by Crippen LogP contribution is -2.01. The minimum absolute atomic E-state index is 0.144. The van der Waals surface area contributed by atoms with Gasteiger partial charge < -0.3 is 10.8 Å². The van der Waals surface area contributed by atoms with Crippen LogP contribution in [0.15, 0.2) is 23.1 Å². The van der Waals surface area contributed by atoms with Crippen LogP contribution < -0.4 is 5.73 Å². The Balaban J connectivity index is 2.77. The van der Waals surface area contributed by atoms with Gasteiger partial charge in [0.1, 0.15) is 0 Å². The molecule has 1 rings (SSSR count). The molecule has 1 aromatic carbocycles. The van der Waals surface area contributed by atoms with E-state index in [4.69, 9.17) is 22.4 Å². The van der Waals surface area contributed by atoms with Gasteiger partial charge in [0, 0.05) is 15.8 Å². The van der Waals surface area contributed by atoms with Crippen LogP contribution in [0.5, 0.6) is 0 Å². The summed E-state index contributed by atoms with van der Waals surface area (Å²) in [5.41, 5.74) is 6.21. The Labute approximate surface area is 87.1 Å². The number of halogens is 1. The number of benzene rings is 1. The molecule has 2 nitrogen and oxygen atoms in total. The molecule has 3 N–H and O–H groups in total. The van der Waals surface area contributed by atoms with E-state index in [1.165, 1.54) is 0 Å². The van der Waals surface area contributed by atoms with E-state index in [0.717, 1.165) is 4.90 Å². The molecule has 1 unspecified atom stereocenters. The fourth-order valence-corrected chi connectivity index (χ4v) is 2.02. The smallest absolute Gasteiger partial charge is 0.0562 e. The molecule has 0 radical (unpaired) electrons. The van der Waals surface area contributed by atoms with E-state index < -0.39 is 0 Å². The van der Waals surface area contributed by atoms with Crippen LogP contribution in [-0.2, 0) is 0 Å². The number of hydrogen-bond acceptors (Lipinski definition) is 3. The number of aliphatic hydroxyl groups is 1. The van der Waals surface area contributed by atoms with Gasteiger partial charge in [-0.15, -0.1) is 11.8 Å². The molecule has 0 bridgehead atoms. The lowest BCUT2D eigenvalue weighted by molar-refractivity contribution is 0.300. The molecule has 1 aromatic rings. The monoisotopic (exact) mass is 217 g/mol. The third-order valence-corrected chi connectivity index (χ3v) is 3.13. The van der Waals surface area contributed by atoms with Crippen LogP contribution in [0, 0.1) is 0 Å². The lowest BCUT2D eigenvalue weighted by atomic mass is 10.3. The highest BCUT2D eigenvalue weighted by atomic mass is 35.5. The molecule has 0 aliphatic carbocycles. The number of anilines is 1. The topological polar surface area (TPSA) is 46.2 Å². The maximum atomic E-state index is 8.85. The summed E-state index contributed by atoms with van der Waals surface area (Å²) >= 11 is 7.49. The molecule has 0 fully saturated rings. The summed E-state index contributed by atoms with van der Waals surface area (Å²) in [7, 11) is 0. The number of thioether (sulfide) groups is 1. The first kappa shape index (κ1) is 10.7. The van der Waals surface area contributed by atoms with E-state index in [0.29, 0.717) is 10.7 Å². The van der Waals surface area contributed by atoms with Crippen LogP contribution in [0.1, 0.15) is 6.92 Å². The van der Waals surface area contributed by atoms with E-state index in [-0.39, 0.29) is 11.9 Å². The van der Waals surface area contributed by atoms with E-state index in [1.807, 2.05) is 13.0 Å². The molecule has 13 heavy (non-hydrogen) atoms. The lowest BCUT2D eigenvalue weighted by Gasteiger charge is -2.09. The molecule has 0 amide bonds. The Bertz CT molecular complexity index is 293. The summed E-state index contributed by atoms with van der Waals surface area (Å²) < 4.78 is 0. The van der Waals surface area contributed by atoms with Crippen molar-refractivity contribution in [3.05, 3.63) is 23.2 Å². The van der Waals surface area contributed by atoms with Gasteiger partial charge in [-0.3, -0.25) is 0 Å². The summed E-state index contributed by atoms with van der Waals surface area (Å²) in [6.45, 7) is 2.09. The first-order chi connectivity index (χ1) is 6.13. The summed E-state index contributed by atoms with van der Waals surface area (Å²) in [6.07, 6.45) is 0. The molecule has 0 spiro atoms.